The van der Waals surface area contributed by atoms with Gasteiger partial charge in [-0.3, -0.25) is 0 Å². The second-order valence-corrected chi connectivity index (χ2v) is 6.85. The lowest BCUT2D eigenvalue weighted by atomic mass is 9.81. The van der Waals surface area contributed by atoms with Crippen LogP contribution in [-0.2, 0) is 0 Å². The van der Waals surface area contributed by atoms with Crippen molar-refractivity contribution < 1.29 is 0 Å². The van der Waals surface area contributed by atoms with E-state index in [-0.39, 0.29) is 0 Å². The largest absolute Gasteiger partial charge is 0.0805 e. The van der Waals surface area contributed by atoms with Crippen LogP contribution in [-0.4, -0.2) is 0 Å². The van der Waals surface area contributed by atoms with Gasteiger partial charge in [-0.2, -0.15) is 0 Å². The van der Waals surface area contributed by atoms with Gasteiger partial charge in [0, 0.05) is 0 Å². The molecule has 0 saturated heterocycles. The molecule has 1 fully saturated rings. The van der Waals surface area contributed by atoms with E-state index < -0.39 is 0 Å². The first-order chi connectivity index (χ1) is 9.81. The SMILES string of the molecule is CCCCCCC1=CC2C(C)C3C=CC=CC3C2C=C1. The van der Waals surface area contributed by atoms with E-state index in [1.54, 1.807) is 5.57 Å². The fraction of sp³-hybridized carbons (Fsp3) is 0.600. The van der Waals surface area contributed by atoms with Crippen molar-refractivity contribution in [2.45, 2.75) is 46.0 Å². The maximum absolute atomic E-state index is 2.61. The maximum atomic E-state index is 2.61. The molecular weight excluding hydrogens is 240 g/mol. The zero-order chi connectivity index (χ0) is 13.9. The zero-order valence-corrected chi connectivity index (χ0v) is 13.0. The zero-order valence-electron chi connectivity index (χ0n) is 13.0. The van der Waals surface area contributed by atoms with E-state index in [0.717, 1.165) is 29.6 Å². The van der Waals surface area contributed by atoms with Crippen molar-refractivity contribution in [3.05, 3.63) is 48.1 Å². The molecule has 108 valence electrons. The first kappa shape index (κ1) is 13.9. The number of unbranched alkanes of at least 4 members (excludes halogenated alkanes) is 3. The van der Waals surface area contributed by atoms with Gasteiger partial charge >= 0.3 is 0 Å². The highest BCUT2D eigenvalue weighted by atomic mass is 14.5. The highest BCUT2D eigenvalue weighted by Crippen LogP contribution is 2.51. The van der Waals surface area contributed by atoms with Crippen LogP contribution in [0.1, 0.15) is 46.0 Å². The Balaban J connectivity index is 1.66. The maximum Gasteiger partial charge on any atom is -0.00955 e. The molecule has 3 rings (SSSR count). The lowest BCUT2D eigenvalue weighted by Crippen LogP contribution is -2.15. The van der Waals surface area contributed by atoms with Crippen LogP contribution in [0.4, 0.5) is 0 Å². The van der Waals surface area contributed by atoms with Crippen molar-refractivity contribution >= 4 is 0 Å². The molecule has 0 heteroatoms. The number of fused-ring (bicyclic) bond motifs is 3. The molecule has 0 bridgehead atoms. The molecule has 5 atom stereocenters. The van der Waals surface area contributed by atoms with E-state index in [2.05, 4.69) is 56.4 Å². The van der Waals surface area contributed by atoms with E-state index in [1.165, 1.54) is 32.1 Å². The van der Waals surface area contributed by atoms with Crippen LogP contribution in [0.15, 0.2) is 48.1 Å². The van der Waals surface area contributed by atoms with Crippen molar-refractivity contribution in [2.75, 3.05) is 0 Å². The van der Waals surface area contributed by atoms with Gasteiger partial charge in [0.05, 0.1) is 0 Å². The summed E-state index contributed by atoms with van der Waals surface area (Å²) in [5, 5.41) is 0. The number of allylic oxidation sites excluding steroid dienone is 8. The molecule has 0 aromatic rings. The summed E-state index contributed by atoms with van der Waals surface area (Å²) in [6.45, 7) is 4.74. The Kier molecular flexibility index (Phi) is 4.29. The molecule has 0 radical (unpaired) electrons. The number of rotatable bonds is 5. The molecular formula is C20H28. The quantitative estimate of drug-likeness (QED) is 0.562. The van der Waals surface area contributed by atoms with E-state index in [1.807, 2.05) is 0 Å². The van der Waals surface area contributed by atoms with Crippen molar-refractivity contribution in [1.29, 1.82) is 0 Å². The van der Waals surface area contributed by atoms with Crippen LogP contribution in [0.5, 0.6) is 0 Å². The second kappa shape index (κ2) is 6.16. The van der Waals surface area contributed by atoms with Crippen LogP contribution in [0, 0.1) is 29.6 Å². The first-order valence-electron chi connectivity index (χ1n) is 8.55. The summed E-state index contributed by atoms with van der Waals surface area (Å²) in [6, 6.07) is 0. The molecule has 3 aliphatic carbocycles. The Morgan fingerprint density at radius 3 is 2.40 bits per heavy atom. The highest BCUT2D eigenvalue weighted by Gasteiger charge is 2.45. The lowest BCUT2D eigenvalue weighted by molar-refractivity contribution is 0.412. The van der Waals surface area contributed by atoms with Gasteiger partial charge in [-0.15, -0.1) is 0 Å². The Morgan fingerprint density at radius 2 is 1.60 bits per heavy atom. The summed E-state index contributed by atoms with van der Waals surface area (Å²) in [6.07, 6.45) is 23.7. The van der Waals surface area contributed by atoms with Gasteiger partial charge in [0.15, 0.2) is 0 Å². The molecule has 1 saturated carbocycles. The molecule has 0 heterocycles. The van der Waals surface area contributed by atoms with Gasteiger partial charge < -0.3 is 0 Å². The number of hydrogen-bond donors (Lipinski definition) is 0. The van der Waals surface area contributed by atoms with Crippen molar-refractivity contribution in [3.63, 3.8) is 0 Å². The summed E-state index contributed by atoms with van der Waals surface area (Å²) >= 11 is 0. The van der Waals surface area contributed by atoms with E-state index >= 15 is 0 Å². The third kappa shape index (κ3) is 2.57. The van der Waals surface area contributed by atoms with Gasteiger partial charge in [-0.1, -0.05) is 81.2 Å². The molecule has 0 nitrogen and oxygen atoms in total. The Morgan fingerprint density at radius 1 is 0.850 bits per heavy atom. The van der Waals surface area contributed by atoms with Gasteiger partial charge in [-0.05, 0) is 42.4 Å². The predicted molar refractivity (Wildman–Crippen MR) is 87.4 cm³/mol. The van der Waals surface area contributed by atoms with Crippen LogP contribution < -0.4 is 0 Å². The Bertz CT molecular complexity index is 449. The van der Waals surface area contributed by atoms with Crippen LogP contribution in [0.25, 0.3) is 0 Å². The molecule has 0 spiro atoms. The minimum Gasteiger partial charge on any atom is -0.0805 e. The lowest BCUT2D eigenvalue weighted by Gasteiger charge is -2.24. The summed E-state index contributed by atoms with van der Waals surface area (Å²) in [4.78, 5) is 0. The average Bonchev–Trinajstić information content (AvgIpc) is 2.77. The molecule has 0 aromatic heterocycles. The molecule has 0 aliphatic heterocycles. The van der Waals surface area contributed by atoms with E-state index in [0.29, 0.717) is 0 Å². The minimum atomic E-state index is 0.745. The molecule has 0 N–H and O–H groups in total. The molecule has 0 aromatic carbocycles. The predicted octanol–water partition coefficient (Wildman–Crippen LogP) is 5.69. The van der Waals surface area contributed by atoms with Gasteiger partial charge in [0.1, 0.15) is 0 Å². The summed E-state index contributed by atoms with van der Waals surface area (Å²) in [5.74, 6) is 3.81. The normalized spacial score (nSPS) is 37.7. The fourth-order valence-electron chi connectivity index (χ4n) is 4.40. The van der Waals surface area contributed by atoms with Crippen LogP contribution >= 0.6 is 0 Å². The molecule has 5 unspecified atom stereocenters. The first-order valence-corrected chi connectivity index (χ1v) is 8.55. The molecule has 20 heavy (non-hydrogen) atoms. The molecule has 0 amide bonds. The Labute approximate surface area is 124 Å². The fourth-order valence-corrected chi connectivity index (χ4v) is 4.40. The average molecular weight is 268 g/mol. The third-order valence-electron chi connectivity index (χ3n) is 5.58. The van der Waals surface area contributed by atoms with Gasteiger partial charge in [0.2, 0.25) is 0 Å². The standard InChI is InChI=1S/C20H28/c1-3-4-5-6-9-16-12-13-19-18-11-8-7-10-17(18)15(2)20(19)14-16/h7-8,10-15,17-20H,3-6,9H2,1-2H3. The van der Waals surface area contributed by atoms with Crippen molar-refractivity contribution in [2.24, 2.45) is 29.6 Å². The van der Waals surface area contributed by atoms with E-state index in [4.69, 9.17) is 0 Å². The monoisotopic (exact) mass is 268 g/mol. The van der Waals surface area contributed by atoms with Crippen molar-refractivity contribution in [3.8, 4) is 0 Å². The smallest absolute Gasteiger partial charge is 0.00955 e. The summed E-state index contributed by atoms with van der Waals surface area (Å²) in [5.41, 5.74) is 1.60. The number of hydrogen-bond acceptors (Lipinski definition) is 0. The highest BCUT2D eigenvalue weighted by molar-refractivity contribution is 5.32. The third-order valence-corrected chi connectivity index (χ3v) is 5.58. The van der Waals surface area contributed by atoms with Crippen molar-refractivity contribution in [1.82, 2.24) is 0 Å². The Hall–Kier alpha value is -1.04. The second-order valence-electron chi connectivity index (χ2n) is 6.85. The van der Waals surface area contributed by atoms with Gasteiger partial charge in [0.25, 0.3) is 0 Å². The van der Waals surface area contributed by atoms with Gasteiger partial charge in [-0.25, -0.2) is 0 Å². The molecule has 3 aliphatic rings. The topological polar surface area (TPSA) is 0 Å². The van der Waals surface area contributed by atoms with Crippen LogP contribution in [0.3, 0.4) is 0 Å². The summed E-state index contributed by atoms with van der Waals surface area (Å²) < 4.78 is 0. The summed E-state index contributed by atoms with van der Waals surface area (Å²) in [7, 11) is 0. The van der Waals surface area contributed by atoms with E-state index in [9.17, 15) is 0 Å². The minimum absolute atomic E-state index is 0.745. The van der Waals surface area contributed by atoms with Crippen LogP contribution in [0.2, 0.25) is 0 Å².